The normalized spacial score (nSPS) is 10.6. The number of nitrogens with zero attached hydrogens (tertiary/aromatic N) is 2. The summed E-state index contributed by atoms with van der Waals surface area (Å²) < 4.78 is 19.0. The van der Waals surface area contributed by atoms with Gasteiger partial charge in [-0.2, -0.15) is 9.37 Å². The summed E-state index contributed by atoms with van der Waals surface area (Å²) in [4.78, 5) is 7.71. The first kappa shape index (κ1) is 13.3. The van der Waals surface area contributed by atoms with Crippen molar-refractivity contribution in [3.63, 3.8) is 0 Å². The highest BCUT2D eigenvalue weighted by atomic mass is 19.1. The van der Waals surface area contributed by atoms with Gasteiger partial charge < -0.3 is 10.1 Å². The average molecular weight is 261 g/mol. The highest BCUT2D eigenvalue weighted by Gasteiger charge is 2.09. The van der Waals surface area contributed by atoms with Crippen LogP contribution in [0.3, 0.4) is 0 Å². The van der Waals surface area contributed by atoms with Crippen LogP contribution in [-0.2, 0) is 0 Å². The van der Waals surface area contributed by atoms with Gasteiger partial charge in [0.15, 0.2) is 0 Å². The van der Waals surface area contributed by atoms with Crippen LogP contribution in [0.1, 0.15) is 25.3 Å². The van der Waals surface area contributed by atoms with Gasteiger partial charge in [0.2, 0.25) is 11.8 Å². The van der Waals surface area contributed by atoms with E-state index in [1.54, 1.807) is 13.1 Å². The number of ether oxygens (including phenoxy) is 1. The van der Waals surface area contributed by atoms with Crippen molar-refractivity contribution in [3.8, 4) is 11.6 Å². The predicted molar refractivity (Wildman–Crippen MR) is 72.1 cm³/mol. The summed E-state index contributed by atoms with van der Waals surface area (Å²) in [7, 11) is 1.66. The maximum Gasteiger partial charge on any atom is 0.260 e. The smallest absolute Gasteiger partial charge is 0.260 e. The second-order valence-corrected chi connectivity index (χ2v) is 4.43. The zero-order valence-corrected chi connectivity index (χ0v) is 11.1. The van der Waals surface area contributed by atoms with Crippen LogP contribution in [0.4, 0.5) is 10.3 Å². The molecule has 5 heteroatoms. The Morgan fingerprint density at radius 3 is 2.79 bits per heavy atom. The minimum Gasteiger partial charge on any atom is -0.436 e. The second kappa shape index (κ2) is 5.65. The van der Waals surface area contributed by atoms with Crippen LogP contribution in [-0.4, -0.2) is 17.0 Å². The number of hydrogen-bond donors (Lipinski definition) is 1. The maximum absolute atomic E-state index is 13.6. The van der Waals surface area contributed by atoms with Crippen LogP contribution in [0, 0.1) is 5.82 Å². The first-order valence-corrected chi connectivity index (χ1v) is 6.08. The highest BCUT2D eigenvalue weighted by molar-refractivity contribution is 5.35. The van der Waals surface area contributed by atoms with Crippen LogP contribution in [0.15, 0.2) is 30.5 Å². The standard InChI is InChI=1S/C14H16FN3O/c1-9(2)10-5-4-6-11(7-10)19-13-12(15)8-17-14(16-3)18-13/h4-9H,1-3H3,(H,16,17,18). The molecule has 1 aromatic carbocycles. The Morgan fingerprint density at radius 1 is 1.32 bits per heavy atom. The van der Waals surface area contributed by atoms with Gasteiger partial charge in [-0.1, -0.05) is 26.0 Å². The number of halogens is 1. The Labute approximate surface area is 111 Å². The first-order chi connectivity index (χ1) is 9.10. The number of anilines is 1. The van der Waals surface area contributed by atoms with Crippen molar-refractivity contribution >= 4 is 5.95 Å². The third kappa shape index (κ3) is 3.19. The molecule has 0 unspecified atom stereocenters. The first-order valence-electron chi connectivity index (χ1n) is 6.08. The third-order valence-electron chi connectivity index (χ3n) is 2.67. The molecular weight excluding hydrogens is 245 g/mol. The van der Waals surface area contributed by atoms with Gasteiger partial charge in [-0.3, -0.25) is 0 Å². The van der Waals surface area contributed by atoms with E-state index in [2.05, 4.69) is 29.1 Å². The fourth-order valence-electron chi connectivity index (χ4n) is 1.59. The number of rotatable bonds is 4. The third-order valence-corrected chi connectivity index (χ3v) is 2.67. The van der Waals surface area contributed by atoms with Crippen LogP contribution in [0.2, 0.25) is 0 Å². The molecule has 0 radical (unpaired) electrons. The SMILES string of the molecule is CNc1ncc(F)c(Oc2cccc(C(C)C)c2)n1. The Kier molecular flexibility index (Phi) is 3.94. The topological polar surface area (TPSA) is 47.0 Å². The molecule has 0 saturated heterocycles. The van der Waals surface area contributed by atoms with Gasteiger partial charge in [-0.15, -0.1) is 0 Å². The molecule has 0 fully saturated rings. The Hall–Kier alpha value is -2.17. The van der Waals surface area contributed by atoms with Gasteiger partial charge in [0.1, 0.15) is 5.75 Å². The van der Waals surface area contributed by atoms with E-state index >= 15 is 0 Å². The van der Waals surface area contributed by atoms with Crippen LogP contribution in [0.25, 0.3) is 0 Å². The van der Waals surface area contributed by atoms with Crippen molar-refractivity contribution < 1.29 is 9.13 Å². The lowest BCUT2D eigenvalue weighted by Gasteiger charge is -2.10. The van der Waals surface area contributed by atoms with E-state index < -0.39 is 5.82 Å². The Morgan fingerprint density at radius 2 is 2.11 bits per heavy atom. The maximum atomic E-state index is 13.6. The van der Waals surface area contributed by atoms with Gasteiger partial charge >= 0.3 is 0 Å². The minimum absolute atomic E-state index is 0.0831. The Bertz CT molecular complexity index is 572. The monoisotopic (exact) mass is 261 g/mol. The predicted octanol–water partition coefficient (Wildman–Crippen LogP) is 3.57. The van der Waals surface area contributed by atoms with Crippen molar-refractivity contribution in [2.24, 2.45) is 0 Å². The van der Waals surface area contributed by atoms with Crippen molar-refractivity contribution in [1.29, 1.82) is 0 Å². The molecule has 0 spiro atoms. The molecule has 100 valence electrons. The second-order valence-electron chi connectivity index (χ2n) is 4.43. The molecule has 0 saturated carbocycles. The molecule has 2 aromatic rings. The minimum atomic E-state index is -0.589. The zero-order valence-electron chi connectivity index (χ0n) is 11.1. The molecule has 1 aromatic heterocycles. The van der Waals surface area contributed by atoms with Crippen molar-refractivity contribution in [1.82, 2.24) is 9.97 Å². The van der Waals surface area contributed by atoms with Gasteiger partial charge in [0.25, 0.3) is 5.88 Å². The fourth-order valence-corrected chi connectivity index (χ4v) is 1.59. The molecule has 0 atom stereocenters. The highest BCUT2D eigenvalue weighted by Crippen LogP contribution is 2.25. The summed E-state index contributed by atoms with van der Waals surface area (Å²) in [5, 5.41) is 2.74. The molecule has 1 N–H and O–H groups in total. The quantitative estimate of drug-likeness (QED) is 0.914. The van der Waals surface area contributed by atoms with E-state index in [0.717, 1.165) is 11.8 Å². The number of aromatic nitrogens is 2. The molecule has 0 aliphatic rings. The molecular formula is C14H16FN3O. The largest absolute Gasteiger partial charge is 0.436 e. The van der Waals surface area contributed by atoms with Crippen LogP contribution < -0.4 is 10.1 Å². The molecule has 2 rings (SSSR count). The molecule has 19 heavy (non-hydrogen) atoms. The fraction of sp³-hybridized carbons (Fsp3) is 0.286. The molecule has 0 aliphatic heterocycles. The number of nitrogens with one attached hydrogen (secondary N) is 1. The van der Waals surface area contributed by atoms with E-state index in [4.69, 9.17) is 4.74 Å². The van der Waals surface area contributed by atoms with E-state index in [-0.39, 0.29) is 5.88 Å². The van der Waals surface area contributed by atoms with E-state index in [0.29, 0.717) is 17.6 Å². The summed E-state index contributed by atoms with van der Waals surface area (Å²) in [5.41, 5.74) is 1.13. The van der Waals surface area contributed by atoms with Crippen LogP contribution >= 0.6 is 0 Å². The van der Waals surface area contributed by atoms with Gasteiger partial charge in [0.05, 0.1) is 6.20 Å². The van der Waals surface area contributed by atoms with E-state index in [9.17, 15) is 4.39 Å². The number of hydrogen-bond acceptors (Lipinski definition) is 4. The zero-order chi connectivity index (χ0) is 13.8. The van der Waals surface area contributed by atoms with Gasteiger partial charge in [-0.25, -0.2) is 4.98 Å². The number of benzene rings is 1. The van der Waals surface area contributed by atoms with Gasteiger partial charge in [0, 0.05) is 7.05 Å². The summed E-state index contributed by atoms with van der Waals surface area (Å²) in [6.07, 6.45) is 1.08. The Balaban J connectivity index is 2.28. The molecule has 1 heterocycles. The summed E-state index contributed by atoms with van der Waals surface area (Å²) in [5.74, 6) is 0.586. The van der Waals surface area contributed by atoms with Crippen LogP contribution in [0.5, 0.6) is 11.6 Å². The lowest BCUT2D eigenvalue weighted by Crippen LogP contribution is -2.00. The van der Waals surface area contributed by atoms with Crippen molar-refractivity contribution in [2.45, 2.75) is 19.8 Å². The lowest BCUT2D eigenvalue weighted by molar-refractivity contribution is 0.420. The molecule has 0 bridgehead atoms. The van der Waals surface area contributed by atoms with Crippen molar-refractivity contribution in [3.05, 3.63) is 41.8 Å². The van der Waals surface area contributed by atoms with E-state index in [1.165, 1.54) is 0 Å². The van der Waals surface area contributed by atoms with Crippen molar-refractivity contribution in [2.75, 3.05) is 12.4 Å². The van der Waals surface area contributed by atoms with E-state index in [1.807, 2.05) is 18.2 Å². The summed E-state index contributed by atoms with van der Waals surface area (Å²) in [6.45, 7) is 4.17. The molecule has 0 amide bonds. The summed E-state index contributed by atoms with van der Waals surface area (Å²) in [6, 6.07) is 7.54. The van der Waals surface area contributed by atoms with Gasteiger partial charge in [-0.05, 0) is 23.6 Å². The molecule has 0 aliphatic carbocycles. The lowest BCUT2D eigenvalue weighted by atomic mass is 10.0. The summed E-state index contributed by atoms with van der Waals surface area (Å²) >= 11 is 0. The molecule has 4 nitrogen and oxygen atoms in total. The average Bonchev–Trinajstić information content (AvgIpc) is 2.41.